The Morgan fingerprint density at radius 2 is 2.00 bits per heavy atom. The normalized spacial score (nSPS) is 10.1. The van der Waals surface area contributed by atoms with E-state index in [0.29, 0.717) is 17.1 Å². The first-order valence-corrected chi connectivity index (χ1v) is 4.84. The van der Waals surface area contributed by atoms with Crippen LogP contribution in [-0.2, 0) is 0 Å². The molecule has 0 saturated carbocycles. The molecular formula is C11H11N3O2. The first-order chi connectivity index (χ1) is 7.68. The standard InChI is InChI=1S/C11H11N3O2/c1-7-5-3-4-6-9(7)11(15)12-10-8(2)13-16-14-10/h3-6H,1-2H3,(H,12,14,15). The maximum absolute atomic E-state index is 11.9. The lowest BCUT2D eigenvalue weighted by atomic mass is 10.1. The summed E-state index contributed by atoms with van der Waals surface area (Å²) in [7, 11) is 0. The highest BCUT2D eigenvalue weighted by Gasteiger charge is 2.12. The van der Waals surface area contributed by atoms with Gasteiger partial charge in [0.2, 0.25) is 5.82 Å². The van der Waals surface area contributed by atoms with Gasteiger partial charge < -0.3 is 5.32 Å². The number of hydrogen-bond donors (Lipinski definition) is 1. The van der Waals surface area contributed by atoms with Gasteiger partial charge in [0.15, 0.2) is 0 Å². The summed E-state index contributed by atoms with van der Waals surface area (Å²) in [6.45, 7) is 3.59. The van der Waals surface area contributed by atoms with Crippen LogP contribution in [0, 0.1) is 13.8 Å². The molecule has 0 spiro atoms. The zero-order valence-electron chi connectivity index (χ0n) is 9.02. The lowest BCUT2D eigenvalue weighted by Crippen LogP contribution is -2.14. The summed E-state index contributed by atoms with van der Waals surface area (Å²) in [5, 5.41) is 9.82. The van der Waals surface area contributed by atoms with Gasteiger partial charge in [-0.1, -0.05) is 23.4 Å². The van der Waals surface area contributed by atoms with E-state index in [4.69, 9.17) is 0 Å². The highest BCUT2D eigenvalue weighted by molar-refractivity contribution is 6.04. The molecule has 1 aromatic carbocycles. The Hall–Kier alpha value is -2.17. The SMILES string of the molecule is Cc1ccccc1C(=O)Nc1nonc1C. The predicted octanol–water partition coefficient (Wildman–Crippen LogP) is 1.94. The summed E-state index contributed by atoms with van der Waals surface area (Å²) in [4.78, 5) is 11.9. The van der Waals surface area contributed by atoms with Gasteiger partial charge in [-0.15, -0.1) is 0 Å². The van der Waals surface area contributed by atoms with Gasteiger partial charge in [-0.3, -0.25) is 4.79 Å². The summed E-state index contributed by atoms with van der Waals surface area (Å²) in [6, 6.07) is 7.33. The lowest BCUT2D eigenvalue weighted by molar-refractivity contribution is 0.102. The van der Waals surface area contributed by atoms with Crippen LogP contribution in [0.2, 0.25) is 0 Å². The van der Waals surface area contributed by atoms with E-state index in [1.165, 1.54) is 0 Å². The van der Waals surface area contributed by atoms with Crippen LogP contribution in [0.15, 0.2) is 28.9 Å². The Kier molecular flexibility index (Phi) is 2.68. The third-order valence-corrected chi connectivity index (χ3v) is 2.27. The topological polar surface area (TPSA) is 68.0 Å². The maximum atomic E-state index is 11.9. The van der Waals surface area contributed by atoms with Gasteiger partial charge in [0, 0.05) is 5.56 Å². The fraction of sp³-hybridized carbons (Fsp3) is 0.182. The Morgan fingerprint density at radius 1 is 1.25 bits per heavy atom. The number of carbonyl (C=O) groups excluding carboxylic acids is 1. The Bertz CT molecular complexity index is 519. The molecule has 5 nitrogen and oxygen atoms in total. The molecule has 0 aliphatic carbocycles. The minimum Gasteiger partial charge on any atom is -0.302 e. The van der Waals surface area contributed by atoms with Gasteiger partial charge >= 0.3 is 0 Å². The minimum absolute atomic E-state index is 0.211. The number of carbonyl (C=O) groups is 1. The largest absolute Gasteiger partial charge is 0.302 e. The first kappa shape index (κ1) is 10.4. The van der Waals surface area contributed by atoms with Crippen molar-refractivity contribution in [2.24, 2.45) is 0 Å². The Morgan fingerprint density at radius 3 is 2.62 bits per heavy atom. The van der Waals surface area contributed by atoms with Crippen LogP contribution >= 0.6 is 0 Å². The van der Waals surface area contributed by atoms with Crippen molar-refractivity contribution in [2.75, 3.05) is 5.32 Å². The number of aromatic nitrogens is 2. The molecule has 1 N–H and O–H groups in total. The summed E-state index contributed by atoms with van der Waals surface area (Å²) >= 11 is 0. The third kappa shape index (κ3) is 1.93. The van der Waals surface area contributed by atoms with Crippen LogP contribution in [0.1, 0.15) is 21.6 Å². The van der Waals surface area contributed by atoms with Gasteiger partial charge in [-0.25, -0.2) is 4.63 Å². The molecule has 1 amide bonds. The van der Waals surface area contributed by atoms with Crippen LogP contribution in [0.5, 0.6) is 0 Å². The molecule has 0 bridgehead atoms. The number of nitrogens with one attached hydrogen (secondary N) is 1. The number of aryl methyl sites for hydroxylation is 2. The Balaban J connectivity index is 2.22. The van der Waals surface area contributed by atoms with Crippen molar-refractivity contribution < 1.29 is 9.42 Å². The van der Waals surface area contributed by atoms with Crippen LogP contribution in [0.4, 0.5) is 5.82 Å². The van der Waals surface area contributed by atoms with Crippen LogP contribution in [0.3, 0.4) is 0 Å². The van der Waals surface area contributed by atoms with Crippen molar-refractivity contribution in [3.63, 3.8) is 0 Å². The molecule has 5 heteroatoms. The second-order valence-corrected chi connectivity index (χ2v) is 3.47. The van der Waals surface area contributed by atoms with Gasteiger partial charge in [0.25, 0.3) is 5.91 Å². The Labute approximate surface area is 92.4 Å². The predicted molar refractivity (Wildman–Crippen MR) is 58.2 cm³/mol. The number of benzene rings is 1. The fourth-order valence-electron chi connectivity index (χ4n) is 1.35. The first-order valence-electron chi connectivity index (χ1n) is 4.84. The number of rotatable bonds is 2. The smallest absolute Gasteiger partial charge is 0.257 e. The third-order valence-electron chi connectivity index (χ3n) is 2.27. The van der Waals surface area contributed by atoms with Crippen LogP contribution < -0.4 is 5.32 Å². The quantitative estimate of drug-likeness (QED) is 0.834. The molecule has 1 aromatic heterocycles. The molecular weight excluding hydrogens is 206 g/mol. The van der Waals surface area contributed by atoms with E-state index in [1.807, 2.05) is 25.1 Å². The molecule has 0 atom stereocenters. The molecule has 0 aliphatic heterocycles. The zero-order valence-corrected chi connectivity index (χ0v) is 9.02. The van der Waals surface area contributed by atoms with Crippen LogP contribution in [-0.4, -0.2) is 16.2 Å². The lowest BCUT2D eigenvalue weighted by Gasteiger charge is -2.04. The number of nitrogens with zero attached hydrogens (tertiary/aromatic N) is 2. The molecule has 16 heavy (non-hydrogen) atoms. The van der Waals surface area contributed by atoms with Crippen molar-refractivity contribution in [3.05, 3.63) is 41.1 Å². The monoisotopic (exact) mass is 217 g/mol. The molecule has 0 radical (unpaired) electrons. The number of amides is 1. The van der Waals surface area contributed by atoms with E-state index in [0.717, 1.165) is 5.56 Å². The summed E-state index contributed by atoms with van der Waals surface area (Å²) in [5.74, 6) is 0.144. The maximum Gasteiger partial charge on any atom is 0.257 e. The average molecular weight is 217 g/mol. The van der Waals surface area contributed by atoms with Crippen molar-refractivity contribution in [2.45, 2.75) is 13.8 Å². The number of hydrogen-bond acceptors (Lipinski definition) is 4. The highest BCUT2D eigenvalue weighted by atomic mass is 16.6. The molecule has 0 fully saturated rings. The second kappa shape index (κ2) is 4.14. The van der Waals surface area contributed by atoms with Crippen molar-refractivity contribution >= 4 is 11.7 Å². The van der Waals surface area contributed by atoms with Gasteiger partial charge in [-0.05, 0) is 30.6 Å². The second-order valence-electron chi connectivity index (χ2n) is 3.47. The summed E-state index contributed by atoms with van der Waals surface area (Å²) in [6.07, 6.45) is 0. The van der Waals surface area contributed by atoms with E-state index in [2.05, 4.69) is 20.3 Å². The van der Waals surface area contributed by atoms with Gasteiger partial charge in [0.05, 0.1) is 0 Å². The molecule has 0 saturated heterocycles. The zero-order chi connectivity index (χ0) is 11.5. The summed E-state index contributed by atoms with van der Waals surface area (Å²) < 4.78 is 4.50. The molecule has 82 valence electrons. The fourth-order valence-corrected chi connectivity index (χ4v) is 1.35. The molecule has 0 aliphatic rings. The molecule has 2 aromatic rings. The van der Waals surface area contributed by atoms with Crippen molar-refractivity contribution in [3.8, 4) is 0 Å². The van der Waals surface area contributed by atoms with Gasteiger partial charge in [0.1, 0.15) is 5.69 Å². The van der Waals surface area contributed by atoms with E-state index in [1.54, 1.807) is 13.0 Å². The van der Waals surface area contributed by atoms with E-state index >= 15 is 0 Å². The summed E-state index contributed by atoms with van der Waals surface area (Å²) in [5.41, 5.74) is 2.08. The average Bonchev–Trinajstić information content (AvgIpc) is 2.65. The minimum atomic E-state index is -0.211. The van der Waals surface area contributed by atoms with E-state index in [9.17, 15) is 4.79 Å². The van der Waals surface area contributed by atoms with Crippen molar-refractivity contribution in [1.29, 1.82) is 0 Å². The van der Waals surface area contributed by atoms with E-state index < -0.39 is 0 Å². The number of anilines is 1. The molecule has 1 heterocycles. The highest BCUT2D eigenvalue weighted by Crippen LogP contribution is 2.12. The van der Waals surface area contributed by atoms with Gasteiger partial charge in [-0.2, -0.15) is 0 Å². The molecule has 2 rings (SSSR count). The van der Waals surface area contributed by atoms with E-state index in [-0.39, 0.29) is 5.91 Å². The van der Waals surface area contributed by atoms with Crippen molar-refractivity contribution in [1.82, 2.24) is 10.3 Å². The van der Waals surface area contributed by atoms with Crippen LogP contribution in [0.25, 0.3) is 0 Å². The molecule has 0 unspecified atom stereocenters.